The number of nitro benzene ring substituents is 1. The zero-order chi connectivity index (χ0) is 19.1. The fourth-order valence-corrected chi connectivity index (χ4v) is 2.35. The van der Waals surface area contributed by atoms with Crippen LogP contribution in [0.2, 0.25) is 5.02 Å². The Morgan fingerprint density at radius 2 is 2.12 bits per heavy atom. The number of halogens is 1. The molecule has 0 spiro atoms. The summed E-state index contributed by atoms with van der Waals surface area (Å²) in [6.45, 7) is 1.96. The Labute approximate surface area is 154 Å². The molecular formula is C17H16ClN3O5. The van der Waals surface area contributed by atoms with Gasteiger partial charge in [-0.15, -0.1) is 0 Å². The van der Waals surface area contributed by atoms with E-state index in [9.17, 15) is 14.9 Å². The minimum absolute atomic E-state index is 0.0391. The summed E-state index contributed by atoms with van der Waals surface area (Å²) < 4.78 is 10.4. The lowest BCUT2D eigenvalue weighted by Crippen LogP contribution is -2.18. The van der Waals surface area contributed by atoms with Crippen molar-refractivity contribution in [3.63, 3.8) is 0 Å². The number of carbonyl (C=O) groups excluding carboxylic acids is 1. The van der Waals surface area contributed by atoms with Crippen molar-refractivity contribution in [1.82, 2.24) is 5.43 Å². The van der Waals surface area contributed by atoms with E-state index in [-0.39, 0.29) is 29.4 Å². The molecule has 1 amide bonds. The molecule has 0 aromatic heterocycles. The molecule has 136 valence electrons. The first kappa shape index (κ1) is 19.2. The van der Waals surface area contributed by atoms with E-state index in [1.807, 2.05) is 0 Å². The quantitative estimate of drug-likeness (QED) is 0.452. The van der Waals surface area contributed by atoms with Gasteiger partial charge in [0.15, 0.2) is 5.75 Å². The van der Waals surface area contributed by atoms with Gasteiger partial charge in [0.25, 0.3) is 5.91 Å². The van der Waals surface area contributed by atoms with Crippen LogP contribution in [0.25, 0.3) is 0 Å². The van der Waals surface area contributed by atoms with E-state index in [1.54, 1.807) is 31.2 Å². The van der Waals surface area contributed by atoms with E-state index in [2.05, 4.69) is 10.5 Å². The summed E-state index contributed by atoms with van der Waals surface area (Å²) >= 11 is 5.94. The number of hydrogen-bond acceptors (Lipinski definition) is 6. The molecule has 9 heteroatoms. The third kappa shape index (κ3) is 4.48. The fourth-order valence-electron chi connectivity index (χ4n) is 2.13. The van der Waals surface area contributed by atoms with Crippen LogP contribution >= 0.6 is 11.6 Å². The highest BCUT2D eigenvalue weighted by atomic mass is 35.5. The maximum atomic E-state index is 12.0. The van der Waals surface area contributed by atoms with Crippen LogP contribution in [-0.2, 0) is 0 Å². The summed E-state index contributed by atoms with van der Waals surface area (Å²) in [5.41, 5.74) is 2.68. The van der Waals surface area contributed by atoms with Crippen LogP contribution in [0.1, 0.15) is 22.8 Å². The van der Waals surface area contributed by atoms with Crippen LogP contribution < -0.4 is 14.9 Å². The van der Waals surface area contributed by atoms with Crippen molar-refractivity contribution in [3.8, 4) is 11.5 Å². The van der Waals surface area contributed by atoms with Gasteiger partial charge in [0, 0.05) is 11.6 Å². The van der Waals surface area contributed by atoms with Crippen LogP contribution in [-0.4, -0.2) is 30.8 Å². The van der Waals surface area contributed by atoms with Crippen LogP contribution in [0.5, 0.6) is 11.5 Å². The highest BCUT2D eigenvalue weighted by Gasteiger charge is 2.21. The number of benzene rings is 2. The maximum Gasteiger partial charge on any atom is 0.315 e. The van der Waals surface area contributed by atoms with Gasteiger partial charge in [-0.2, -0.15) is 5.10 Å². The van der Waals surface area contributed by atoms with Crippen LogP contribution in [0, 0.1) is 10.1 Å². The molecule has 0 heterocycles. The van der Waals surface area contributed by atoms with Crippen molar-refractivity contribution in [2.75, 3.05) is 13.7 Å². The Bertz CT molecular complexity index is 854. The summed E-state index contributed by atoms with van der Waals surface area (Å²) in [6, 6.07) is 9.31. The number of hydrazone groups is 1. The highest BCUT2D eigenvalue weighted by molar-refractivity contribution is 6.33. The summed E-state index contributed by atoms with van der Waals surface area (Å²) in [5, 5.41) is 15.4. The Kier molecular flexibility index (Phi) is 6.51. The molecule has 2 rings (SSSR count). The van der Waals surface area contributed by atoms with E-state index < -0.39 is 10.8 Å². The first-order chi connectivity index (χ1) is 12.5. The lowest BCUT2D eigenvalue weighted by molar-refractivity contribution is -0.385. The molecule has 0 bridgehead atoms. The SMILES string of the molecule is CCOc1c(OC)cc(/C=N\NC(=O)c2ccccc2Cl)cc1[N+](=O)[O-]. The fraction of sp³-hybridized carbons (Fsp3) is 0.176. The summed E-state index contributed by atoms with van der Waals surface area (Å²) in [7, 11) is 1.38. The average Bonchev–Trinajstić information content (AvgIpc) is 2.62. The molecule has 2 aromatic rings. The number of rotatable bonds is 7. The number of nitrogens with one attached hydrogen (secondary N) is 1. The third-order valence-corrected chi connectivity index (χ3v) is 3.59. The molecule has 0 radical (unpaired) electrons. The Morgan fingerprint density at radius 3 is 2.73 bits per heavy atom. The van der Waals surface area contributed by atoms with E-state index in [1.165, 1.54) is 25.5 Å². The van der Waals surface area contributed by atoms with Crippen molar-refractivity contribution >= 4 is 29.4 Å². The van der Waals surface area contributed by atoms with Gasteiger partial charge in [-0.05, 0) is 25.1 Å². The molecule has 0 saturated carbocycles. The normalized spacial score (nSPS) is 10.6. The van der Waals surface area contributed by atoms with E-state index in [0.29, 0.717) is 10.6 Å². The first-order valence-electron chi connectivity index (χ1n) is 7.55. The predicted octanol–water partition coefficient (Wildman–Crippen LogP) is 3.42. The molecule has 8 nitrogen and oxygen atoms in total. The molecule has 1 N–H and O–H groups in total. The van der Waals surface area contributed by atoms with Crippen molar-refractivity contribution in [2.45, 2.75) is 6.92 Å². The van der Waals surface area contributed by atoms with Gasteiger partial charge in [-0.25, -0.2) is 5.43 Å². The minimum Gasteiger partial charge on any atom is -0.493 e. The number of methoxy groups -OCH3 is 1. The largest absolute Gasteiger partial charge is 0.493 e. The van der Waals surface area contributed by atoms with Crippen molar-refractivity contribution in [2.24, 2.45) is 5.10 Å². The third-order valence-electron chi connectivity index (χ3n) is 3.26. The summed E-state index contributed by atoms with van der Waals surface area (Å²) in [6.07, 6.45) is 1.26. The Hall–Kier alpha value is -3.13. The average molecular weight is 378 g/mol. The zero-order valence-corrected chi connectivity index (χ0v) is 14.8. The Morgan fingerprint density at radius 1 is 1.38 bits per heavy atom. The number of ether oxygens (including phenoxy) is 2. The Balaban J connectivity index is 2.24. The van der Waals surface area contributed by atoms with Crippen molar-refractivity contribution in [1.29, 1.82) is 0 Å². The van der Waals surface area contributed by atoms with Gasteiger partial charge >= 0.3 is 5.69 Å². The van der Waals surface area contributed by atoms with Gasteiger partial charge in [-0.1, -0.05) is 23.7 Å². The number of carbonyl (C=O) groups is 1. The lowest BCUT2D eigenvalue weighted by atomic mass is 10.2. The smallest absolute Gasteiger partial charge is 0.315 e. The predicted molar refractivity (Wildman–Crippen MR) is 97.3 cm³/mol. The summed E-state index contributed by atoms with van der Waals surface area (Å²) in [5.74, 6) is -0.267. The van der Waals surface area contributed by atoms with Crippen molar-refractivity contribution in [3.05, 3.63) is 62.7 Å². The van der Waals surface area contributed by atoms with Gasteiger partial charge in [0.05, 0.1) is 35.4 Å². The second-order valence-corrected chi connectivity index (χ2v) is 5.35. The molecule has 0 aliphatic carbocycles. The van der Waals surface area contributed by atoms with Gasteiger partial charge in [0.2, 0.25) is 5.75 Å². The van der Waals surface area contributed by atoms with Gasteiger partial charge < -0.3 is 9.47 Å². The zero-order valence-electron chi connectivity index (χ0n) is 14.1. The number of nitro groups is 1. The number of hydrogen-bond donors (Lipinski definition) is 1. The molecule has 0 fully saturated rings. The molecule has 0 unspecified atom stereocenters. The second kappa shape index (κ2) is 8.82. The maximum absolute atomic E-state index is 12.0. The van der Waals surface area contributed by atoms with E-state index in [0.717, 1.165) is 0 Å². The molecule has 0 atom stereocenters. The van der Waals surface area contributed by atoms with E-state index >= 15 is 0 Å². The molecule has 0 saturated heterocycles. The number of amides is 1. The first-order valence-corrected chi connectivity index (χ1v) is 7.92. The molecular weight excluding hydrogens is 362 g/mol. The molecule has 26 heavy (non-hydrogen) atoms. The monoisotopic (exact) mass is 377 g/mol. The van der Waals surface area contributed by atoms with Gasteiger partial charge in [-0.3, -0.25) is 14.9 Å². The van der Waals surface area contributed by atoms with Gasteiger partial charge in [0.1, 0.15) is 0 Å². The molecule has 2 aromatic carbocycles. The summed E-state index contributed by atoms with van der Waals surface area (Å²) in [4.78, 5) is 22.7. The number of nitrogens with zero attached hydrogens (tertiary/aromatic N) is 2. The van der Waals surface area contributed by atoms with Crippen LogP contribution in [0.15, 0.2) is 41.5 Å². The minimum atomic E-state index is -0.576. The van der Waals surface area contributed by atoms with Crippen LogP contribution in [0.3, 0.4) is 0 Å². The second-order valence-electron chi connectivity index (χ2n) is 4.94. The van der Waals surface area contributed by atoms with Crippen molar-refractivity contribution < 1.29 is 19.2 Å². The topological polar surface area (TPSA) is 103 Å². The standard InChI is InChI=1S/C17H16ClN3O5/c1-3-26-16-14(21(23)24)8-11(9-15(16)25-2)10-19-20-17(22)12-6-4-5-7-13(12)18/h4-10H,3H2,1-2H3,(H,20,22)/b19-10-. The molecule has 0 aliphatic rings. The lowest BCUT2D eigenvalue weighted by Gasteiger charge is -2.10. The van der Waals surface area contributed by atoms with Crippen LogP contribution in [0.4, 0.5) is 5.69 Å². The highest BCUT2D eigenvalue weighted by Crippen LogP contribution is 2.37. The molecule has 0 aliphatic heterocycles. The van der Waals surface area contributed by atoms with E-state index in [4.69, 9.17) is 21.1 Å².